The molecule has 1 spiro atoms. The molecule has 0 saturated carbocycles. The lowest BCUT2D eigenvalue weighted by Gasteiger charge is -2.45. The summed E-state index contributed by atoms with van der Waals surface area (Å²) >= 11 is 0. The average Bonchev–Trinajstić information content (AvgIpc) is 3.52. The van der Waals surface area contributed by atoms with E-state index in [9.17, 15) is 19.5 Å². The Bertz CT molecular complexity index is 1870. The molecule has 0 aliphatic carbocycles. The van der Waals surface area contributed by atoms with E-state index in [1.807, 2.05) is 97.1 Å². The summed E-state index contributed by atoms with van der Waals surface area (Å²) in [5.41, 5.74) is 5.10. The van der Waals surface area contributed by atoms with Crippen LogP contribution in [0.1, 0.15) is 66.4 Å². The van der Waals surface area contributed by atoms with Gasteiger partial charge in [-0.25, -0.2) is 4.79 Å². The zero-order valence-corrected chi connectivity index (χ0v) is 30.7. The van der Waals surface area contributed by atoms with Crippen molar-refractivity contribution in [3.8, 4) is 0 Å². The molecule has 4 aromatic rings. The molecule has 0 aromatic heterocycles. The van der Waals surface area contributed by atoms with Gasteiger partial charge in [-0.1, -0.05) is 97.1 Å². The van der Waals surface area contributed by atoms with Crippen molar-refractivity contribution in [2.45, 2.75) is 75.8 Å². The number of nitrogens with zero attached hydrogens (tertiary/aromatic N) is 2. The van der Waals surface area contributed by atoms with Crippen molar-refractivity contribution in [2.24, 2.45) is 0 Å². The van der Waals surface area contributed by atoms with Crippen molar-refractivity contribution >= 4 is 23.4 Å². The Balaban J connectivity index is 0.988. The summed E-state index contributed by atoms with van der Waals surface area (Å²) in [4.78, 5) is 42.9. The van der Waals surface area contributed by atoms with E-state index >= 15 is 0 Å². The summed E-state index contributed by atoms with van der Waals surface area (Å²) < 4.78 is 13.2. The second-order valence-corrected chi connectivity index (χ2v) is 14.5. The Hall–Kier alpha value is -5.07. The van der Waals surface area contributed by atoms with Gasteiger partial charge in [-0.3, -0.25) is 9.59 Å². The fourth-order valence-electron chi connectivity index (χ4n) is 7.79. The lowest BCUT2D eigenvalue weighted by atomic mass is 9.85. The number of carbonyl (C=O) groups excluding carboxylic acids is 3. The fourth-order valence-corrected chi connectivity index (χ4v) is 7.79. The van der Waals surface area contributed by atoms with Crippen molar-refractivity contribution in [3.05, 3.63) is 137 Å². The zero-order chi connectivity index (χ0) is 37.5. The number of anilines is 1. The highest BCUT2D eigenvalue weighted by Gasteiger charge is 2.50. The number of Topliss-reactive ketones (excluding diaryl/α,β-unsaturated/α-hetero) is 1. The molecule has 4 aromatic carbocycles. The molecule has 11 heteroatoms. The van der Waals surface area contributed by atoms with Crippen LogP contribution in [-0.2, 0) is 38.6 Å². The summed E-state index contributed by atoms with van der Waals surface area (Å²) in [7, 11) is 0. The first kappa shape index (κ1) is 37.3. The van der Waals surface area contributed by atoms with Crippen LogP contribution in [0.15, 0.2) is 109 Å². The molecule has 11 nitrogen and oxygen atoms in total. The first-order chi connectivity index (χ1) is 26.3. The van der Waals surface area contributed by atoms with Crippen molar-refractivity contribution < 1.29 is 29.0 Å². The van der Waals surface area contributed by atoms with Crippen molar-refractivity contribution in [1.29, 1.82) is 0 Å². The summed E-state index contributed by atoms with van der Waals surface area (Å²) in [6.07, 6.45) is 1.58. The van der Waals surface area contributed by atoms with Gasteiger partial charge < -0.3 is 40.3 Å². The molecule has 3 amide bonds. The van der Waals surface area contributed by atoms with Gasteiger partial charge in [-0.05, 0) is 60.6 Å². The number of nitrogens with one attached hydrogen (secondary N) is 3. The summed E-state index contributed by atoms with van der Waals surface area (Å²) in [5, 5.41) is 18.4. The normalized spacial score (nSPS) is 21.7. The molecule has 4 unspecified atom stereocenters. The standard InChI is InChI=1S/C43H49N5O6/c1-30(50)38(24-31-8-4-2-5-9-31)46-42(52)44-26-32-12-18-35(19-13-32)40-53-37(25-39(54-40)34-16-14-33(28-49)15-17-34)27-47-22-20-43(21-23-47)41(51)45-29-48(43)36-10-6-3-7-11-36/h2-19,37-40,49H,20-29H2,1H3,(H,45,51)(H2,44,46,52). The first-order valence-electron chi connectivity index (χ1n) is 18.8. The van der Waals surface area contributed by atoms with Crippen LogP contribution in [0.3, 0.4) is 0 Å². The number of benzene rings is 4. The van der Waals surface area contributed by atoms with E-state index < -0.39 is 23.9 Å². The fraction of sp³-hybridized carbons (Fsp3) is 0.372. The number of urea groups is 1. The molecular weight excluding hydrogens is 683 g/mol. The molecule has 4 atom stereocenters. The van der Waals surface area contributed by atoms with Crippen LogP contribution in [0.4, 0.5) is 10.5 Å². The second-order valence-electron chi connectivity index (χ2n) is 14.5. The predicted octanol–water partition coefficient (Wildman–Crippen LogP) is 5.15. The SMILES string of the molecule is CC(=O)C(Cc1ccccc1)NC(=O)NCc1ccc(C2OC(CN3CCC4(CC3)C(=O)NCN4c3ccccc3)CC(c3ccc(CO)cc3)O2)cc1. The van der Waals surface area contributed by atoms with E-state index in [4.69, 9.17) is 9.47 Å². The van der Waals surface area contributed by atoms with E-state index in [2.05, 4.69) is 37.9 Å². The lowest BCUT2D eigenvalue weighted by molar-refractivity contribution is -0.253. The highest BCUT2D eigenvalue weighted by atomic mass is 16.7. The molecule has 3 saturated heterocycles. The third kappa shape index (κ3) is 8.66. The zero-order valence-electron chi connectivity index (χ0n) is 30.7. The number of carbonyl (C=O) groups is 3. The third-order valence-corrected chi connectivity index (χ3v) is 10.9. The number of aliphatic hydroxyl groups is 1. The van der Waals surface area contributed by atoms with Gasteiger partial charge in [0.25, 0.3) is 0 Å². The number of hydrogen-bond donors (Lipinski definition) is 4. The van der Waals surface area contributed by atoms with Gasteiger partial charge in [0.05, 0.1) is 31.5 Å². The van der Waals surface area contributed by atoms with Crippen LogP contribution in [0.25, 0.3) is 0 Å². The van der Waals surface area contributed by atoms with Gasteiger partial charge in [0.15, 0.2) is 12.1 Å². The number of rotatable bonds is 12. The number of ether oxygens (including phenoxy) is 2. The predicted molar refractivity (Wildman–Crippen MR) is 205 cm³/mol. The summed E-state index contributed by atoms with van der Waals surface area (Å²) in [6, 6.07) is 34.4. The maximum atomic E-state index is 13.2. The highest BCUT2D eigenvalue weighted by Crippen LogP contribution is 2.40. The van der Waals surface area contributed by atoms with Crippen LogP contribution in [0, 0.1) is 0 Å². The van der Waals surface area contributed by atoms with Crippen LogP contribution < -0.4 is 20.9 Å². The van der Waals surface area contributed by atoms with Gasteiger partial charge in [0.2, 0.25) is 5.91 Å². The number of hydrogen-bond acceptors (Lipinski definition) is 8. The third-order valence-electron chi connectivity index (χ3n) is 10.9. The number of likely N-dealkylation sites (tertiary alicyclic amines) is 1. The topological polar surface area (TPSA) is 132 Å². The minimum Gasteiger partial charge on any atom is -0.392 e. The summed E-state index contributed by atoms with van der Waals surface area (Å²) in [6.45, 7) is 4.51. The Labute approximate surface area is 316 Å². The van der Waals surface area contributed by atoms with Crippen LogP contribution >= 0.6 is 0 Å². The molecule has 0 bridgehead atoms. The molecule has 7 rings (SSSR count). The number of amides is 3. The van der Waals surface area contributed by atoms with E-state index in [0.29, 0.717) is 26.1 Å². The molecule has 282 valence electrons. The molecule has 3 aliphatic heterocycles. The number of para-hydroxylation sites is 1. The lowest BCUT2D eigenvalue weighted by Crippen LogP contribution is -2.57. The largest absolute Gasteiger partial charge is 0.392 e. The Kier molecular flexibility index (Phi) is 11.7. The number of aliphatic hydroxyl groups excluding tert-OH is 1. The average molecular weight is 732 g/mol. The molecule has 0 radical (unpaired) electrons. The monoisotopic (exact) mass is 731 g/mol. The Morgan fingerprint density at radius 3 is 2.17 bits per heavy atom. The molecule has 4 N–H and O–H groups in total. The van der Waals surface area contributed by atoms with Crippen LogP contribution in [0.2, 0.25) is 0 Å². The van der Waals surface area contributed by atoms with Crippen molar-refractivity contribution in [3.63, 3.8) is 0 Å². The quantitative estimate of drug-likeness (QED) is 0.157. The maximum absolute atomic E-state index is 13.2. The smallest absolute Gasteiger partial charge is 0.315 e. The molecule has 54 heavy (non-hydrogen) atoms. The van der Waals surface area contributed by atoms with E-state index in [-0.39, 0.29) is 37.0 Å². The van der Waals surface area contributed by atoms with E-state index in [1.165, 1.54) is 6.92 Å². The van der Waals surface area contributed by atoms with Gasteiger partial charge in [0, 0.05) is 43.9 Å². The number of piperidine rings is 1. The van der Waals surface area contributed by atoms with Crippen molar-refractivity contribution in [1.82, 2.24) is 20.9 Å². The van der Waals surface area contributed by atoms with Crippen LogP contribution in [0.5, 0.6) is 0 Å². The van der Waals surface area contributed by atoms with Gasteiger partial charge in [-0.2, -0.15) is 0 Å². The van der Waals surface area contributed by atoms with Crippen molar-refractivity contribution in [2.75, 3.05) is 31.2 Å². The molecule has 3 heterocycles. The minimum atomic E-state index is -0.617. The van der Waals surface area contributed by atoms with Gasteiger partial charge >= 0.3 is 6.03 Å². The maximum Gasteiger partial charge on any atom is 0.315 e. The van der Waals surface area contributed by atoms with Crippen LogP contribution in [-0.4, -0.2) is 71.7 Å². The first-order valence-corrected chi connectivity index (χ1v) is 18.8. The van der Waals surface area contributed by atoms with Gasteiger partial charge in [0.1, 0.15) is 5.54 Å². The summed E-state index contributed by atoms with van der Waals surface area (Å²) in [5.74, 6) is -0.00530. The molecule has 3 fully saturated rings. The molecule has 3 aliphatic rings. The molecular formula is C43H49N5O6. The Morgan fingerprint density at radius 2 is 1.50 bits per heavy atom. The highest BCUT2D eigenvalue weighted by molar-refractivity contribution is 5.93. The minimum absolute atomic E-state index is 0.0236. The van der Waals surface area contributed by atoms with E-state index in [0.717, 1.165) is 59.4 Å². The van der Waals surface area contributed by atoms with Gasteiger partial charge in [-0.15, -0.1) is 0 Å². The number of ketones is 1. The second kappa shape index (κ2) is 16.9. The van der Waals surface area contributed by atoms with E-state index in [1.54, 1.807) is 0 Å². The Morgan fingerprint density at radius 1 is 0.852 bits per heavy atom.